The van der Waals surface area contributed by atoms with E-state index in [0.717, 1.165) is 5.69 Å². The topological polar surface area (TPSA) is 43.8 Å². The van der Waals surface area contributed by atoms with E-state index in [-0.39, 0.29) is 0 Å². The summed E-state index contributed by atoms with van der Waals surface area (Å²) in [5.74, 6) is 3.16. The minimum Gasteiger partial charge on any atom is -0.325 e. The summed E-state index contributed by atoms with van der Waals surface area (Å²) in [4.78, 5) is 0. The zero-order valence-electron chi connectivity index (χ0n) is 7.86. The smallest absolute Gasteiger partial charge is 0.0667 e. The number of aryl methyl sites for hydroxylation is 1. The van der Waals surface area contributed by atoms with Crippen molar-refractivity contribution in [1.29, 1.82) is 0 Å². The van der Waals surface area contributed by atoms with E-state index in [0.29, 0.717) is 12.5 Å². The molecule has 72 valence electrons. The molecule has 4 heteroatoms. The van der Waals surface area contributed by atoms with Gasteiger partial charge >= 0.3 is 0 Å². The molecule has 0 saturated carbocycles. The second-order valence-electron chi connectivity index (χ2n) is 3.45. The molecule has 0 radical (unpaired) electrons. The molecule has 1 aromatic rings. The first-order valence-electron chi connectivity index (χ1n) is 4.62. The van der Waals surface area contributed by atoms with Gasteiger partial charge in [-0.05, 0) is 18.2 Å². The highest BCUT2D eigenvalue weighted by Gasteiger charge is 2.20. The van der Waals surface area contributed by atoms with Crippen molar-refractivity contribution in [2.75, 3.05) is 11.5 Å². The van der Waals surface area contributed by atoms with Crippen molar-refractivity contribution < 1.29 is 0 Å². The fourth-order valence-corrected chi connectivity index (χ4v) is 2.93. The lowest BCUT2D eigenvalue weighted by molar-refractivity contribution is 0.668. The zero-order chi connectivity index (χ0) is 9.26. The molecular formula is C9H15N3S. The lowest BCUT2D eigenvalue weighted by Crippen LogP contribution is -2.04. The van der Waals surface area contributed by atoms with Gasteiger partial charge < -0.3 is 5.73 Å². The van der Waals surface area contributed by atoms with Crippen LogP contribution in [0.3, 0.4) is 0 Å². The minimum absolute atomic E-state index is 0.587. The number of thioether (sulfide) groups is 1. The molecule has 0 bridgehead atoms. The van der Waals surface area contributed by atoms with Crippen LogP contribution in [0.1, 0.15) is 23.7 Å². The highest BCUT2D eigenvalue weighted by atomic mass is 32.2. The third-order valence-electron chi connectivity index (χ3n) is 2.55. The Morgan fingerprint density at radius 3 is 3.15 bits per heavy atom. The Kier molecular flexibility index (Phi) is 2.60. The van der Waals surface area contributed by atoms with Crippen molar-refractivity contribution in [3.63, 3.8) is 0 Å². The van der Waals surface area contributed by atoms with E-state index in [4.69, 9.17) is 5.73 Å². The van der Waals surface area contributed by atoms with Crippen LogP contribution < -0.4 is 5.73 Å². The Bertz CT molecular complexity index is 289. The van der Waals surface area contributed by atoms with E-state index < -0.39 is 0 Å². The van der Waals surface area contributed by atoms with Crippen LogP contribution in [0.15, 0.2) is 6.07 Å². The van der Waals surface area contributed by atoms with Crippen LogP contribution in [0, 0.1) is 0 Å². The fraction of sp³-hybridized carbons (Fsp3) is 0.667. The summed E-state index contributed by atoms with van der Waals surface area (Å²) in [6.45, 7) is 0.587. The molecule has 0 amide bonds. The first-order valence-corrected chi connectivity index (χ1v) is 5.77. The molecule has 3 nitrogen and oxygen atoms in total. The molecule has 2 N–H and O–H groups in total. The molecular weight excluding hydrogens is 182 g/mol. The number of hydrogen-bond donors (Lipinski definition) is 1. The summed E-state index contributed by atoms with van der Waals surface area (Å²) >= 11 is 2.02. The number of rotatable bonds is 2. The maximum absolute atomic E-state index is 5.60. The first kappa shape index (κ1) is 9.09. The average molecular weight is 197 g/mol. The summed E-state index contributed by atoms with van der Waals surface area (Å²) in [6.07, 6.45) is 1.27. The Morgan fingerprint density at radius 2 is 2.62 bits per heavy atom. The molecule has 1 saturated heterocycles. The molecule has 1 atom stereocenters. The van der Waals surface area contributed by atoms with Gasteiger partial charge in [0.1, 0.15) is 0 Å². The second-order valence-corrected chi connectivity index (χ2v) is 4.60. The fourth-order valence-electron chi connectivity index (χ4n) is 1.69. The van der Waals surface area contributed by atoms with E-state index in [1.54, 1.807) is 0 Å². The largest absolute Gasteiger partial charge is 0.325 e. The summed E-state index contributed by atoms with van der Waals surface area (Å²) < 4.78 is 1.90. The highest BCUT2D eigenvalue weighted by molar-refractivity contribution is 7.99. The number of aromatic nitrogens is 2. The van der Waals surface area contributed by atoms with E-state index in [2.05, 4.69) is 11.2 Å². The van der Waals surface area contributed by atoms with Gasteiger partial charge in [0.2, 0.25) is 0 Å². The average Bonchev–Trinajstić information content (AvgIpc) is 2.71. The van der Waals surface area contributed by atoms with Crippen LogP contribution in [-0.2, 0) is 13.6 Å². The molecule has 1 aromatic heterocycles. The van der Waals surface area contributed by atoms with E-state index in [1.807, 2.05) is 23.5 Å². The molecule has 1 fully saturated rings. The van der Waals surface area contributed by atoms with E-state index in [1.165, 1.54) is 23.6 Å². The van der Waals surface area contributed by atoms with Crippen LogP contribution in [0.5, 0.6) is 0 Å². The van der Waals surface area contributed by atoms with Crippen LogP contribution in [0.2, 0.25) is 0 Å². The van der Waals surface area contributed by atoms with E-state index in [9.17, 15) is 0 Å². The van der Waals surface area contributed by atoms with Crippen LogP contribution in [-0.4, -0.2) is 21.3 Å². The van der Waals surface area contributed by atoms with Gasteiger partial charge in [-0.25, -0.2) is 0 Å². The molecule has 0 aliphatic carbocycles. The van der Waals surface area contributed by atoms with Gasteiger partial charge in [0.05, 0.1) is 11.4 Å². The molecule has 1 aliphatic heterocycles. The normalized spacial score (nSPS) is 22.5. The predicted octanol–water partition coefficient (Wildman–Crippen LogP) is 1.10. The SMILES string of the molecule is Cn1nc(C2CCSC2)cc1CN. The maximum atomic E-state index is 5.60. The number of nitrogens with zero attached hydrogens (tertiary/aromatic N) is 2. The number of hydrogen-bond acceptors (Lipinski definition) is 3. The van der Waals surface area contributed by atoms with Crippen molar-refractivity contribution in [3.8, 4) is 0 Å². The summed E-state index contributed by atoms with van der Waals surface area (Å²) in [6, 6.07) is 2.15. The minimum atomic E-state index is 0.587. The highest BCUT2D eigenvalue weighted by Crippen LogP contribution is 2.31. The standard InChI is InChI=1S/C9H15N3S/c1-12-8(5-10)4-9(11-12)7-2-3-13-6-7/h4,7H,2-3,5-6,10H2,1H3. The van der Waals surface area contributed by atoms with Gasteiger partial charge in [0.25, 0.3) is 0 Å². The van der Waals surface area contributed by atoms with Gasteiger partial charge in [0, 0.05) is 25.3 Å². The van der Waals surface area contributed by atoms with Crippen LogP contribution >= 0.6 is 11.8 Å². The van der Waals surface area contributed by atoms with Crippen LogP contribution in [0.4, 0.5) is 0 Å². The van der Waals surface area contributed by atoms with Gasteiger partial charge in [0.15, 0.2) is 0 Å². The molecule has 0 aromatic carbocycles. The predicted molar refractivity (Wildman–Crippen MR) is 55.8 cm³/mol. The molecule has 2 heterocycles. The Labute approximate surface area is 82.7 Å². The van der Waals surface area contributed by atoms with Gasteiger partial charge in [-0.15, -0.1) is 0 Å². The molecule has 13 heavy (non-hydrogen) atoms. The molecule has 0 spiro atoms. The Morgan fingerprint density at radius 1 is 1.77 bits per heavy atom. The Balaban J connectivity index is 2.20. The molecule has 2 rings (SSSR count). The second kappa shape index (κ2) is 3.72. The van der Waals surface area contributed by atoms with Crippen molar-refractivity contribution >= 4 is 11.8 Å². The lowest BCUT2D eigenvalue weighted by atomic mass is 10.1. The van der Waals surface area contributed by atoms with Gasteiger partial charge in [-0.2, -0.15) is 16.9 Å². The summed E-state index contributed by atoms with van der Waals surface area (Å²) in [5.41, 5.74) is 7.96. The quantitative estimate of drug-likeness (QED) is 0.772. The summed E-state index contributed by atoms with van der Waals surface area (Å²) in [5, 5.41) is 4.49. The number of nitrogens with two attached hydrogens (primary N) is 1. The zero-order valence-corrected chi connectivity index (χ0v) is 8.68. The summed E-state index contributed by atoms with van der Waals surface area (Å²) in [7, 11) is 1.97. The molecule has 1 aliphatic rings. The van der Waals surface area contributed by atoms with Gasteiger partial charge in [-0.1, -0.05) is 0 Å². The maximum Gasteiger partial charge on any atom is 0.0667 e. The van der Waals surface area contributed by atoms with Crippen molar-refractivity contribution in [2.24, 2.45) is 12.8 Å². The third kappa shape index (κ3) is 1.74. The van der Waals surface area contributed by atoms with Crippen LogP contribution in [0.25, 0.3) is 0 Å². The monoisotopic (exact) mass is 197 g/mol. The van der Waals surface area contributed by atoms with Crippen molar-refractivity contribution in [2.45, 2.75) is 18.9 Å². The Hall–Kier alpha value is -0.480. The van der Waals surface area contributed by atoms with Gasteiger partial charge in [-0.3, -0.25) is 4.68 Å². The third-order valence-corrected chi connectivity index (χ3v) is 3.72. The van der Waals surface area contributed by atoms with Crippen molar-refractivity contribution in [1.82, 2.24) is 9.78 Å². The van der Waals surface area contributed by atoms with E-state index >= 15 is 0 Å². The first-order chi connectivity index (χ1) is 6.31. The van der Waals surface area contributed by atoms with Crippen molar-refractivity contribution in [3.05, 3.63) is 17.5 Å². The lowest BCUT2D eigenvalue weighted by Gasteiger charge is -2.01. The molecule has 1 unspecified atom stereocenters.